The lowest BCUT2D eigenvalue weighted by Gasteiger charge is -2.14. The highest BCUT2D eigenvalue weighted by atomic mass is 16.5. The van der Waals surface area contributed by atoms with Crippen LogP contribution in [0.3, 0.4) is 0 Å². The van der Waals surface area contributed by atoms with E-state index in [1.165, 1.54) is 0 Å². The summed E-state index contributed by atoms with van der Waals surface area (Å²) >= 11 is 0. The fourth-order valence-electron chi connectivity index (χ4n) is 1.40. The minimum Gasteiger partial charge on any atom is -0.382 e. The van der Waals surface area contributed by atoms with E-state index in [1.54, 1.807) is 13.3 Å². The summed E-state index contributed by atoms with van der Waals surface area (Å²) in [5, 5.41) is 3.38. The quantitative estimate of drug-likeness (QED) is 0.625. The molecule has 0 spiro atoms. The van der Waals surface area contributed by atoms with Crippen LogP contribution < -0.4 is 5.32 Å². The van der Waals surface area contributed by atoms with E-state index in [1.807, 2.05) is 12.5 Å². The molecule has 0 aliphatic rings. The molecule has 0 saturated carbocycles. The van der Waals surface area contributed by atoms with Gasteiger partial charge in [-0.25, -0.2) is 4.98 Å². The van der Waals surface area contributed by atoms with Crippen molar-refractivity contribution in [2.24, 2.45) is 0 Å². The molecule has 0 aliphatic heterocycles. The Morgan fingerprint density at radius 2 is 2.25 bits per heavy atom. The smallest absolute Gasteiger partial charge is 0.0946 e. The molecule has 0 fully saturated rings. The predicted octanol–water partition coefficient (Wildman–Crippen LogP) is 0.524. The molecule has 0 saturated heterocycles. The van der Waals surface area contributed by atoms with Crippen LogP contribution in [-0.4, -0.2) is 49.1 Å². The highest BCUT2D eigenvalue weighted by molar-refractivity contribution is 4.76. The van der Waals surface area contributed by atoms with Gasteiger partial charge in [0.15, 0.2) is 0 Å². The van der Waals surface area contributed by atoms with Gasteiger partial charge in [0, 0.05) is 38.6 Å². The third kappa shape index (κ3) is 5.85. The predicted molar refractivity (Wildman–Crippen MR) is 62.4 cm³/mol. The zero-order valence-corrected chi connectivity index (χ0v) is 10.1. The van der Waals surface area contributed by atoms with Crippen LogP contribution >= 0.6 is 0 Å². The third-order valence-corrected chi connectivity index (χ3v) is 2.21. The highest BCUT2D eigenvalue weighted by Crippen LogP contribution is 1.90. The van der Waals surface area contributed by atoms with Gasteiger partial charge in [0.1, 0.15) is 0 Å². The zero-order valence-electron chi connectivity index (χ0n) is 10.1. The lowest BCUT2D eigenvalue weighted by molar-refractivity contribution is 0.0710. The Kier molecular flexibility index (Phi) is 6.80. The van der Waals surface area contributed by atoms with E-state index < -0.39 is 0 Å². The van der Waals surface area contributed by atoms with Gasteiger partial charge in [-0.2, -0.15) is 0 Å². The van der Waals surface area contributed by atoms with E-state index in [0.717, 1.165) is 19.7 Å². The van der Waals surface area contributed by atoms with Gasteiger partial charge in [0.2, 0.25) is 0 Å². The lowest BCUT2D eigenvalue weighted by atomic mass is 10.3. The van der Waals surface area contributed by atoms with Crippen molar-refractivity contribution in [1.29, 1.82) is 0 Å². The molecule has 1 aromatic rings. The van der Waals surface area contributed by atoms with Gasteiger partial charge in [-0.1, -0.05) is 0 Å². The van der Waals surface area contributed by atoms with Crippen LogP contribution in [0.4, 0.5) is 0 Å². The topological polar surface area (TPSA) is 48.3 Å². The molecule has 92 valence electrons. The van der Waals surface area contributed by atoms with Crippen molar-refractivity contribution in [3.8, 4) is 0 Å². The average molecular weight is 227 g/mol. The molecule has 5 nitrogen and oxygen atoms in total. The van der Waals surface area contributed by atoms with Crippen LogP contribution in [0.2, 0.25) is 0 Å². The molecule has 5 heteroatoms. The summed E-state index contributed by atoms with van der Waals surface area (Å²) in [7, 11) is 1.68. The Morgan fingerprint density at radius 1 is 1.38 bits per heavy atom. The van der Waals surface area contributed by atoms with E-state index in [-0.39, 0.29) is 0 Å². The van der Waals surface area contributed by atoms with E-state index >= 15 is 0 Å². The molecule has 1 rings (SSSR count). The molecular weight excluding hydrogens is 206 g/mol. The van der Waals surface area contributed by atoms with Crippen LogP contribution in [-0.2, 0) is 16.0 Å². The fraction of sp³-hybridized carbons (Fsp3) is 0.727. The zero-order chi connectivity index (χ0) is 11.6. The van der Waals surface area contributed by atoms with E-state index in [2.05, 4.69) is 21.8 Å². The first kappa shape index (κ1) is 13.2. The Bertz CT molecular complexity index is 252. The van der Waals surface area contributed by atoms with Gasteiger partial charge >= 0.3 is 0 Å². The van der Waals surface area contributed by atoms with Gasteiger partial charge in [0.25, 0.3) is 0 Å². The number of nitrogens with one attached hydrogen (secondary N) is 1. The first-order valence-electron chi connectivity index (χ1n) is 5.58. The van der Waals surface area contributed by atoms with Crippen molar-refractivity contribution < 1.29 is 9.47 Å². The molecule has 0 amide bonds. The van der Waals surface area contributed by atoms with Crippen molar-refractivity contribution in [1.82, 2.24) is 14.9 Å². The third-order valence-electron chi connectivity index (χ3n) is 2.21. The largest absolute Gasteiger partial charge is 0.382 e. The summed E-state index contributed by atoms with van der Waals surface area (Å²) in [4.78, 5) is 4.00. The van der Waals surface area contributed by atoms with Crippen LogP contribution in [0.25, 0.3) is 0 Å². The van der Waals surface area contributed by atoms with Crippen LogP contribution in [0, 0.1) is 0 Å². The number of nitrogens with zero attached hydrogens (tertiary/aromatic N) is 2. The van der Waals surface area contributed by atoms with Gasteiger partial charge in [-0.05, 0) is 6.92 Å². The second-order valence-electron chi connectivity index (χ2n) is 3.72. The average Bonchev–Trinajstić information content (AvgIpc) is 2.76. The first-order chi connectivity index (χ1) is 7.83. The molecule has 0 radical (unpaired) electrons. The molecule has 1 unspecified atom stereocenters. The number of imidazole rings is 1. The number of rotatable bonds is 9. The standard InChI is InChI=1S/C11H21N3O2/c1-11(9-14-5-3-12-10-14)13-4-6-16-8-7-15-2/h3,5,10-11,13H,4,6-9H2,1-2H3. The Labute approximate surface area is 96.8 Å². The summed E-state index contributed by atoms with van der Waals surface area (Å²) in [6.07, 6.45) is 5.58. The fourth-order valence-corrected chi connectivity index (χ4v) is 1.40. The number of methoxy groups -OCH3 is 1. The summed E-state index contributed by atoms with van der Waals surface area (Å²) in [6.45, 7) is 5.98. The monoisotopic (exact) mass is 227 g/mol. The summed E-state index contributed by atoms with van der Waals surface area (Å²) in [5.41, 5.74) is 0. The minimum atomic E-state index is 0.417. The summed E-state index contributed by atoms with van der Waals surface area (Å²) in [6, 6.07) is 0.417. The molecule has 1 aromatic heterocycles. The van der Waals surface area contributed by atoms with E-state index in [4.69, 9.17) is 9.47 Å². The van der Waals surface area contributed by atoms with Crippen molar-refractivity contribution in [2.75, 3.05) is 33.5 Å². The maximum atomic E-state index is 5.35. The van der Waals surface area contributed by atoms with Crippen LogP contribution in [0.1, 0.15) is 6.92 Å². The molecule has 16 heavy (non-hydrogen) atoms. The first-order valence-corrected chi connectivity index (χ1v) is 5.58. The summed E-state index contributed by atoms with van der Waals surface area (Å²) in [5.74, 6) is 0. The van der Waals surface area contributed by atoms with Gasteiger partial charge in [-0.3, -0.25) is 0 Å². The second kappa shape index (κ2) is 8.27. The Hall–Kier alpha value is -0.910. The van der Waals surface area contributed by atoms with Gasteiger partial charge in [0.05, 0.1) is 26.1 Å². The molecule has 1 atom stereocenters. The highest BCUT2D eigenvalue weighted by Gasteiger charge is 2.00. The van der Waals surface area contributed by atoms with Crippen LogP contribution in [0.15, 0.2) is 18.7 Å². The molecule has 1 heterocycles. The number of hydrogen-bond donors (Lipinski definition) is 1. The normalized spacial score (nSPS) is 12.9. The molecular formula is C11H21N3O2. The van der Waals surface area contributed by atoms with Crippen molar-refractivity contribution in [3.05, 3.63) is 18.7 Å². The van der Waals surface area contributed by atoms with Crippen molar-refractivity contribution in [2.45, 2.75) is 19.5 Å². The number of hydrogen-bond acceptors (Lipinski definition) is 4. The SMILES string of the molecule is COCCOCCNC(C)Cn1ccnc1. The molecule has 0 aromatic carbocycles. The number of aromatic nitrogens is 2. The summed E-state index contributed by atoms with van der Waals surface area (Å²) < 4.78 is 12.3. The Morgan fingerprint density at radius 3 is 2.94 bits per heavy atom. The second-order valence-corrected chi connectivity index (χ2v) is 3.72. The van der Waals surface area contributed by atoms with Gasteiger partial charge in [-0.15, -0.1) is 0 Å². The van der Waals surface area contributed by atoms with Crippen molar-refractivity contribution in [3.63, 3.8) is 0 Å². The van der Waals surface area contributed by atoms with E-state index in [0.29, 0.717) is 19.3 Å². The maximum absolute atomic E-state index is 5.35. The molecule has 0 aliphatic carbocycles. The maximum Gasteiger partial charge on any atom is 0.0946 e. The Balaban J connectivity index is 1.96. The van der Waals surface area contributed by atoms with Crippen LogP contribution in [0.5, 0.6) is 0 Å². The number of ether oxygens (including phenoxy) is 2. The molecule has 1 N–H and O–H groups in total. The minimum absolute atomic E-state index is 0.417. The molecule has 0 bridgehead atoms. The van der Waals surface area contributed by atoms with E-state index in [9.17, 15) is 0 Å². The van der Waals surface area contributed by atoms with Gasteiger partial charge < -0.3 is 19.4 Å². The lowest BCUT2D eigenvalue weighted by Crippen LogP contribution is -2.33. The van der Waals surface area contributed by atoms with Crippen molar-refractivity contribution >= 4 is 0 Å².